The van der Waals surface area contributed by atoms with Crippen molar-refractivity contribution in [2.75, 3.05) is 6.16 Å². The largest absolute Gasteiger partial charge is 2.00 e. The number of hydrogen-bond donors (Lipinski definition) is 0. The summed E-state index contributed by atoms with van der Waals surface area (Å²) in [6.45, 7) is 2.09. The predicted molar refractivity (Wildman–Crippen MR) is 46.3 cm³/mol. The molecule has 0 saturated carbocycles. The minimum absolute atomic E-state index is 0. The van der Waals surface area contributed by atoms with Crippen LogP contribution < -0.4 is 14.7 Å². The normalized spacial score (nSPS) is 11.0. The molecule has 68 valence electrons. The van der Waals surface area contributed by atoms with Crippen LogP contribution in [0, 0.1) is 0 Å². The Labute approximate surface area is 105 Å². The molecule has 0 amide bonds. The number of hydrogen-bond acceptors (Lipinski definition) is 3. The first-order chi connectivity index (χ1) is 5.06. The fourth-order valence-electron chi connectivity index (χ4n) is 0.909. The van der Waals surface area contributed by atoms with E-state index in [1.54, 1.807) is 0 Å². The first kappa shape index (κ1) is 16.0. The third-order valence-electron chi connectivity index (χ3n) is 1.54. The molecule has 0 aliphatic carbocycles. The van der Waals surface area contributed by atoms with Gasteiger partial charge in [0.1, 0.15) is 0 Å². The molecule has 0 aliphatic rings. The Hall–Kier alpha value is 1.57. The number of rotatable bonds is 6. The maximum Gasteiger partial charge on any atom is 2.00 e. The van der Waals surface area contributed by atoms with E-state index < -0.39 is 7.94 Å². The molecule has 0 aromatic carbocycles. The summed E-state index contributed by atoms with van der Waals surface area (Å²) in [5.41, 5.74) is 0. The van der Waals surface area contributed by atoms with E-state index in [0.29, 0.717) is 6.42 Å². The van der Waals surface area contributed by atoms with Gasteiger partial charge in [0.15, 0.2) is 0 Å². The molecule has 0 bridgehead atoms. The molecule has 0 saturated heterocycles. The zero-order chi connectivity index (χ0) is 8.74. The Kier molecular flexibility index (Phi) is 12.2. The molecule has 0 aliphatic heterocycles. The second-order valence-electron chi connectivity index (χ2n) is 2.75. The van der Waals surface area contributed by atoms with Gasteiger partial charge in [0.25, 0.3) is 0 Å². The van der Waals surface area contributed by atoms with Crippen LogP contribution in [-0.4, -0.2) is 43.9 Å². The zero-order valence-corrected chi connectivity index (χ0v) is 10.7. The summed E-state index contributed by atoms with van der Waals surface area (Å²) >= 11 is 0. The summed E-state index contributed by atoms with van der Waals surface area (Å²) in [4.78, 5) is 30.4. The van der Waals surface area contributed by atoms with Gasteiger partial charge in [-0.15, -0.1) is 0 Å². The van der Waals surface area contributed by atoms with Crippen LogP contribution >= 0.6 is 7.94 Å². The van der Waals surface area contributed by atoms with Crippen molar-refractivity contribution >= 4 is 45.7 Å². The van der Waals surface area contributed by atoms with Crippen molar-refractivity contribution in [3.63, 3.8) is 0 Å². The molecule has 0 heterocycles. The van der Waals surface area contributed by atoms with Crippen LogP contribution in [0.4, 0.5) is 0 Å². The summed E-state index contributed by atoms with van der Waals surface area (Å²) in [5.74, 6) is 0. The van der Waals surface area contributed by atoms with Crippen LogP contribution in [-0.2, 0) is 0 Å². The van der Waals surface area contributed by atoms with Gasteiger partial charge in [0, 0.05) is 6.16 Å². The van der Waals surface area contributed by atoms with Gasteiger partial charge in [-0.3, -0.25) is 0 Å². The van der Waals surface area contributed by atoms with Gasteiger partial charge in [0.2, 0.25) is 0 Å². The van der Waals surface area contributed by atoms with Gasteiger partial charge in [0.05, 0.1) is 0 Å². The summed E-state index contributed by atoms with van der Waals surface area (Å²) in [7, 11) is -4.21. The van der Waals surface area contributed by atoms with Gasteiger partial charge < -0.3 is 14.7 Å². The average Bonchev–Trinajstić information content (AvgIpc) is 1.85. The van der Waals surface area contributed by atoms with E-state index >= 15 is 0 Å². The molecular weight excluding hydrogens is 203 g/mol. The van der Waals surface area contributed by atoms with Crippen LogP contribution in [0.5, 0.6) is 0 Å². The van der Waals surface area contributed by atoms with E-state index in [1.165, 1.54) is 0 Å². The Morgan fingerprint density at radius 1 is 0.917 bits per heavy atom. The van der Waals surface area contributed by atoms with Gasteiger partial charge in [-0.25, -0.2) is 0 Å². The molecule has 0 atom stereocenters. The Morgan fingerprint density at radius 3 is 1.83 bits per heavy atom. The molecule has 12 heavy (non-hydrogen) atoms. The van der Waals surface area contributed by atoms with Crippen molar-refractivity contribution in [3.05, 3.63) is 0 Å². The molecule has 0 unspecified atom stereocenters. The Morgan fingerprint density at radius 2 is 1.42 bits per heavy atom. The van der Waals surface area contributed by atoms with Gasteiger partial charge in [-0.2, -0.15) is 7.94 Å². The fourth-order valence-corrected chi connectivity index (χ4v) is 1.52. The molecule has 0 radical (unpaired) electrons. The van der Waals surface area contributed by atoms with Gasteiger partial charge in [-0.1, -0.05) is 26.2 Å². The molecule has 5 heteroatoms. The maximum absolute atomic E-state index is 10.1. The minimum atomic E-state index is -4.21. The molecule has 0 N–H and O–H groups in total. The van der Waals surface area contributed by atoms with E-state index in [0.717, 1.165) is 25.7 Å². The van der Waals surface area contributed by atoms with E-state index in [2.05, 4.69) is 6.92 Å². The molecule has 0 aromatic rings. The molecule has 0 rings (SSSR count). The Bertz CT molecular complexity index is 95.1. The summed E-state index contributed by atoms with van der Waals surface area (Å²) in [5, 5.41) is 0. The topological polar surface area (TPSA) is 69.2 Å². The second kappa shape index (κ2) is 9.14. The minimum Gasteiger partial charge on any atom is -0.688 e. The fraction of sp³-hybridized carbons (Fsp3) is 1.00. The van der Waals surface area contributed by atoms with Crippen molar-refractivity contribution in [1.82, 2.24) is 0 Å². The summed E-state index contributed by atoms with van der Waals surface area (Å²) in [6, 6.07) is 0. The van der Waals surface area contributed by atoms with E-state index in [-0.39, 0.29) is 43.9 Å². The van der Waals surface area contributed by atoms with Crippen molar-refractivity contribution in [3.8, 4) is 0 Å². The van der Waals surface area contributed by atoms with Crippen LogP contribution in [0.15, 0.2) is 0 Å². The Balaban J connectivity index is 0. The van der Waals surface area contributed by atoms with Crippen molar-refractivity contribution < 1.29 is 14.7 Å². The quantitative estimate of drug-likeness (QED) is 0.340. The van der Waals surface area contributed by atoms with Crippen LogP contribution in [0.2, 0.25) is 0 Å². The van der Waals surface area contributed by atoms with Crippen molar-refractivity contribution in [2.45, 2.75) is 39.0 Å². The van der Waals surface area contributed by atoms with Gasteiger partial charge in [-0.05, 0) is 12.8 Å². The van der Waals surface area contributed by atoms with E-state index in [1.807, 2.05) is 0 Å². The molecule has 3 nitrogen and oxygen atoms in total. The molecular formula is C7H15CaO3P. The smallest absolute Gasteiger partial charge is 0.688 e. The van der Waals surface area contributed by atoms with Crippen LogP contribution in [0.3, 0.4) is 0 Å². The average molecular weight is 218 g/mol. The first-order valence-electron chi connectivity index (χ1n) is 4.07. The van der Waals surface area contributed by atoms with Crippen molar-refractivity contribution in [2.24, 2.45) is 0 Å². The van der Waals surface area contributed by atoms with Crippen LogP contribution in [0.25, 0.3) is 0 Å². The third-order valence-corrected chi connectivity index (χ3v) is 2.40. The monoisotopic (exact) mass is 218 g/mol. The number of unbranched alkanes of at least 4 members (excludes halogenated alkanes) is 4. The summed E-state index contributed by atoms with van der Waals surface area (Å²) in [6.07, 6.45) is 4.52. The van der Waals surface area contributed by atoms with Crippen molar-refractivity contribution in [1.29, 1.82) is 0 Å². The van der Waals surface area contributed by atoms with E-state index in [9.17, 15) is 14.7 Å². The third kappa shape index (κ3) is 14.1. The summed E-state index contributed by atoms with van der Waals surface area (Å²) < 4.78 is 0. The molecule has 0 spiro atoms. The predicted octanol–water partition coefficient (Wildman–Crippen LogP) is -0.580. The second-order valence-corrected chi connectivity index (χ2v) is 4.42. The van der Waals surface area contributed by atoms with Gasteiger partial charge >= 0.3 is 37.7 Å². The first-order valence-corrected chi connectivity index (χ1v) is 5.80. The van der Waals surface area contributed by atoms with Crippen LogP contribution in [0.1, 0.15) is 39.0 Å². The zero-order valence-electron chi connectivity index (χ0n) is 7.62. The standard InChI is InChI=1S/C7H17O3P.Ca/c1-2-3-4-5-6-7-11(8,9)10;/h2-7H2,1H3,(H2,8,9,10);/q;+2/p-2. The SMILES string of the molecule is CCCCCCC[P+]([O-])([O-])[O-].[Ca+2]. The van der Waals surface area contributed by atoms with E-state index in [4.69, 9.17) is 0 Å². The maximum atomic E-state index is 10.1. The molecule has 0 aromatic heterocycles. The molecule has 0 fully saturated rings.